The Morgan fingerprint density at radius 1 is 1.43 bits per heavy atom. The number of hydrogen-bond donors (Lipinski definition) is 2. The quantitative estimate of drug-likeness (QED) is 0.901. The van der Waals surface area contributed by atoms with Crippen LogP contribution in [0.25, 0.3) is 11.0 Å². The van der Waals surface area contributed by atoms with Gasteiger partial charge in [0.1, 0.15) is 5.82 Å². The van der Waals surface area contributed by atoms with Gasteiger partial charge in [0.25, 0.3) is 10.2 Å². The highest BCUT2D eigenvalue weighted by atomic mass is 32.2. The lowest BCUT2D eigenvalue weighted by Gasteiger charge is -2.29. The first-order valence-corrected chi connectivity index (χ1v) is 8.67. The van der Waals surface area contributed by atoms with E-state index in [-0.39, 0.29) is 6.54 Å². The molecular weight excluding hydrogens is 288 g/mol. The van der Waals surface area contributed by atoms with Crippen molar-refractivity contribution >= 4 is 21.2 Å². The maximum Gasteiger partial charge on any atom is 0.279 e. The van der Waals surface area contributed by atoms with Crippen LogP contribution in [0.15, 0.2) is 24.3 Å². The van der Waals surface area contributed by atoms with Gasteiger partial charge in [0.2, 0.25) is 0 Å². The van der Waals surface area contributed by atoms with E-state index in [1.807, 2.05) is 24.3 Å². The van der Waals surface area contributed by atoms with Crippen LogP contribution >= 0.6 is 0 Å². The number of imidazole rings is 1. The molecule has 1 unspecified atom stereocenters. The average molecular weight is 308 g/mol. The molecule has 0 radical (unpaired) electrons. The molecule has 2 aromatic rings. The minimum atomic E-state index is -3.43. The Bertz CT molecular complexity index is 692. The predicted octanol–water partition coefficient (Wildman–Crippen LogP) is 1.63. The molecule has 21 heavy (non-hydrogen) atoms. The molecule has 1 aromatic carbocycles. The fraction of sp³-hybridized carbons (Fsp3) is 0.500. The fourth-order valence-electron chi connectivity index (χ4n) is 2.70. The van der Waals surface area contributed by atoms with Crippen molar-refractivity contribution in [2.24, 2.45) is 5.92 Å². The number of hydrogen-bond acceptors (Lipinski definition) is 3. The fourth-order valence-corrected chi connectivity index (χ4v) is 4.03. The minimum Gasteiger partial charge on any atom is -0.341 e. The second-order valence-electron chi connectivity index (χ2n) is 5.63. The summed E-state index contributed by atoms with van der Waals surface area (Å²) in [5, 5.41) is 0. The van der Waals surface area contributed by atoms with Crippen LogP contribution in [0.4, 0.5) is 0 Å². The monoisotopic (exact) mass is 308 g/mol. The number of aromatic nitrogens is 2. The second-order valence-corrected chi connectivity index (χ2v) is 7.39. The highest BCUT2D eigenvalue weighted by Gasteiger charge is 2.26. The molecule has 6 nitrogen and oxygen atoms in total. The Morgan fingerprint density at radius 3 is 3.00 bits per heavy atom. The Labute approximate surface area is 124 Å². The number of rotatable bonds is 4. The van der Waals surface area contributed by atoms with Gasteiger partial charge in [-0.05, 0) is 30.9 Å². The van der Waals surface area contributed by atoms with Crippen molar-refractivity contribution in [3.8, 4) is 0 Å². The van der Waals surface area contributed by atoms with Crippen LogP contribution in [0.5, 0.6) is 0 Å². The first-order valence-electron chi connectivity index (χ1n) is 7.23. The van der Waals surface area contributed by atoms with Gasteiger partial charge in [0, 0.05) is 13.1 Å². The van der Waals surface area contributed by atoms with Crippen molar-refractivity contribution < 1.29 is 8.42 Å². The largest absolute Gasteiger partial charge is 0.341 e. The molecule has 0 aliphatic carbocycles. The van der Waals surface area contributed by atoms with Crippen LogP contribution < -0.4 is 4.72 Å². The predicted molar refractivity (Wildman–Crippen MR) is 81.8 cm³/mol. The van der Waals surface area contributed by atoms with E-state index in [1.165, 1.54) is 4.31 Å². The maximum atomic E-state index is 12.3. The van der Waals surface area contributed by atoms with Crippen LogP contribution in [0.2, 0.25) is 0 Å². The zero-order valence-electron chi connectivity index (χ0n) is 12.0. The van der Waals surface area contributed by atoms with Gasteiger partial charge in [0.15, 0.2) is 0 Å². The first kappa shape index (κ1) is 14.5. The summed E-state index contributed by atoms with van der Waals surface area (Å²) in [6.07, 6.45) is 2.02. The average Bonchev–Trinajstić information content (AvgIpc) is 2.88. The summed E-state index contributed by atoms with van der Waals surface area (Å²) in [4.78, 5) is 7.50. The van der Waals surface area contributed by atoms with Crippen LogP contribution in [-0.2, 0) is 16.8 Å². The number of aromatic amines is 1. The van der Waals surface area contributed by atoms with E-state index < -0.39 is 10.2 Å². The Kier molecular flexibility index (Phi) is 3.97. The Morgan fingerprint density at radius 2 is 2.24 bits per heavy atom. The lowest BCUT2D eigenvalue weighted by atomic mass is 10.0. The van der Waals surface area contributed by atoms with Gasteiger partial charge < -0.3 is 4.98 Å². The molecule has 3 rings (SSSR count). The highest BCUT2D eigenvalue weighted by molar-refractivity contribution is 7.87. The van der Waals surface area contributed by atoms with Crippen molar-refractivity contribution in [3.63, 3.8) is 0 Å². The zero-order chi connectivity index (χ0) is 14.9. The SMILES string of the molecule is CC1CCCN(S(=O)(=O)NCc2nc3ccccc3[nH]2)C1. The lowest BCUT2D eigenvalue weighted by Crippen LogP contribution is -2.45. The van der Waals surface area contributed by atoms with Crippen LogP contribution in [-0.4, -0.2) is 35.8 Å². The summed E-state index contributed by atoms with van der Waals surface area (Å²) in [5.41, 5.74) is 1.76. The van der Waals surface area contributed by atoms with E-state index in [0.717, 1.165) is 23.9 Å². The summed E-state index contributed by atoms with van der Waals surface area (Å²) in [6.45, 7) is 3.46. The number of fused-ring (bicyclic) bond motifs is 1. The van der Waals surface area contributed by atoms with Gasteiger partial charge >= 0.3 is 0 Å². The molecule has 2 heterocycles. The number of benzene rings is 1. The summed E-state index contributed by atoms with van der Waals surface area (Å²) in [7, 11) is -3.43. The smallest absolute Gasteiger partial charge is 0.279 e. The Hall–Kier alpha value is -1.44. The summed E-state index contributed by atoms with van der Waals surface area (Å²) < 4.78 is 28.7. The molecule has 0 amide bonds. The number of para-hydroxylation sites is 2. The molecular formula is C14H20N4O2S. The number of piperidine rings is 1. The number of nitrogens with one attached hydrogen (secondary N) is 2. The van der Waals surface area contributed by atoms with Crippen molar-refractivity contribution in [1.29, 1.82) is 0 Å². The van der Waals surface area contributed by atoms with E-state index in [2.05, 4.69) is 21.6 Å². The van der Waals surface area contributed by atoms with Crippen molar-refractivity contribution in [3.05, 3.63) is 30.1 Å². The van der Waals surface area contributed by atoms with E-state index in [0.29, 0.717) is 24.8 Å². The van der Waals surface area contributed by atoms with Crippen LogP contribution in [0.1, 0.15) is 25.6 Å². The molecule has 1 aliphatic rings. The number of H-pyrrole nitrogens is 1. The van der Waals surface area contributed by atoms with Crippen molar-refractivity contribution in [2.75, 3.05) is 13.1 Å². The molecule has 1 atom stereocenters. The third-order valence-corrected chi connectivity index (χ3v) is 5.34. The molecule has 1 fully saturated rings. The molecule has 1 aromatic heterocycles. The highest BCUT2D eigenvalue weighted by Crippen LogP contribution is 2.18. The Balaban J connectivity index is 1.68. The van der Waals surface area contributed by atoms with Gasteiger partial charge in [-0.3, -0.25) is 0 Å². The first-order chi connectivity index (χ1) is 10.0. The van der Waals surface area contributed by atoms with E-state index in [9.17, 15) is 8.42 Å². The molecule has 0 saturated carbocycles. The van der Waals surface area contributed by atoms with Crippen molar-refractivity contribution in [1.82, 2.24) is 19.0 Å². The zero-order valence-corrected chi connectivity index (χ0v) is 12.9. The lowest BCUT2D eigenvalue weighted by molar-refractivity contribution is 0.278. The molecule has 0 spiro atoms. The van der Waals surface area contributed by atoms with Gasteiger partial charge in [0.05, 0.1) is 17.6 Å². The molecule has 0 bridgehead atoms. The van der Waals surface area contributed by atoms with Gasteiger partial charge in [-0.15, -0.1) is 0 Å². The normalized spacial score (nSPS) is 20.9. The standard InChI is InChI=1S/C14H20N4O2S/c1-11-5-4-8-18(10-11)21(19,20)15-9-14-16-12-6-2-3-7-13(12)17-14/h2-3,6-7,11,15H,4-5,8-10H2,1H3,(H,16,17). The molecule has 114 valence electrons. The third kappa shape index (κ3) is 3.25. The molecule has 2 N–H and O–H groups in total. The minimum absolute atomic E-state index is 0.182. The van der Waals surface area contributed by atoms with Crippen LogP contribution in [0.3, 0.4) is 0 Å². The molecule has 7 heteroatoms. The third-order valence-electron chi connectivity index (χ3n) is 3.82. The maximum absolute atomic E-state index is 12.3. The topological polar surface area (TPSA) is 78.1 Å². The summed E-state index contributed by atoms with van der Waals surface area (Å²) >= 11 is 0. The number of nitrogens with zero attached hydrogens (tertiary/aromatic N) is 2. The molecule has 1 saturated heterocycles. The summed E-state index contributed by atoms with van der Waals surface area (Å²) in [6, 6.07) is 7.65. The van der Waals surface area contributed by atoms with Gasteiger partial charge in [-0.2, -0.15) is 17.4 Å². The molecule has 1 aliphatic heterocycles. The van der Waals surface area contributed by atoms with Gasteiger partial charge in [-0.25, -0.2) is 4.98 Å². The second kappa shape index (κ2) is 5.75. The summed E-state index contributed by atoms with van der Waals surface area (Å²) in [5.74, 6) is 1.05. The van der Waals surface area contributed by atoms with Crippen LogP contribution in [0, 0.1) is 5.92 Å². The van der Waals surface area contributed by atoms with E-state index in [1.54, 1.807) is 0 Å². The van der Waals surface area contributed by atoms with E-state index in [4.69, 9.17) is 0 Å². The van der Waals surface area contributed by atoms with E-state index >= 15 is 0 Å². The van der Waals surface area contributed by atoms with Gasteiger partial charge in [-0.1, -0.05) is 19.1 Å². The van der Waals surface area contributed by atoms with Crippen molar-refractivity contribution in [2.45, 2.75) is 26.3 Å².